The predicted molar refractivity (Wildman–Crippen MR) is 123 cm³/mol. The number of carbonyl (C=O) groups is 1. The molecule has 1 aliphatic heterocycles. The molecule has 3 N–H and O–H groups in total. The molecule has 1 saturated heterocycles. The van der Waals surface area contributed by atoms with Gasteiger partial charge >= 0.3 is 6.18 Å². The van der Waals surface area contributed by atoms with Crippen molar-refractivity contribution in [1.82, 2.24) is 20.2 Å². The number of pyridine rings is 2. The average Bonchev–Trinajstić information content (AvgIpc) is 2.78. The molecule has 2 aromatic heterocycles. The lowest BCUT2D eigenvalue weighted by molar-refractivity contribution is -0.137. The lowest BCUT2D eigenvalue weighted by Crippen LogP contribution is -2.63. The summed E-state index contributed by atoms with van der Waals surface area (Å²) in [6.07, 6.45) is 1.70. The van der Waals surface area contributed by atoms with Crippen LogP contribution in [-0.2, 0) is 11.0 Å². The van der Waals surface area contributed by atoms with Gasteiger partial charge in [-0.05, 0) is 49.7 Å². The first-order valence-corrected chi connectivity index (χ1v) is 11.9. The molecule has 0 aromatic carbocycles. The highest BCUT2D eigenvalue weighted by Gasteiger charge is 2.37. The van der Waals surface area contributed by atoms with Crippen LogP contribution in [0.4, 0.5) is 19.0 Å². The fraction of sp³-hybridized carbons (Fsp3) is 0.625. The average molecular weight is 480 g/mol. The van der Waals surface area contributed by atoms with Gasteiger partial charge in [-0.3, -0.25) is 14.7 Å². The van der Waals surface area contributed by atoms with E-state index < -0.39 is 11.7 Å². The molecule has 2 aromatic rings. The van der Waals surface area contributed by atoms with Crippen LogP contribution in [0.2, 0.25) is 0 Å². The topological polar surface area (TPSA) is 90.4 Å². The van der Waals surface area contributed by atoms with E-state index in [1.165, 1.54) is 12.3 Å². The van der Waals surface area contributed by atoms with Gasteiger partial charge in [0, 0.05) is 36.9 Å². The smallest absolute Gasteiger partial charge is 0.393 e. The number of amides is 1. The first-order chi connectivity index (χ1) is 16.1. The number of aromatic nitrogens is 2. The van der Waals surface area contributed by atoms with E-state index in [1.54, 1.807) is 0 Å². The van der Waals surface area contributed by atoms with Gasteiger partial charge in [-0.25, -0.2) is 4.98 Å². The van der Waals surface area contributed by atoms with Crippen molar-refractivity contribution in [3.8, 4) is 0 Å². The van der Waals surface area contributed by atoms with Crippen LogP contribution in [0, 0.1) is 11.8 Å². The molecule has 1 atom stereocenters. The monoisotopic (exact) mass is 479 g/mol. The maximum atomic E-state index is 13.0. The van der Waals surface area contributed by atoms with Gasteiger partial charge in [0.25, 0.3) is 0 Å². The van der Waals surface area contributed by atoms with E-state index in [1.807, 2.05) is 0 Å². The molecule has 2 aliphatic rings. The molecular formula is C24H32F3N5O2. The summed E-state index contributed by atoms with van der Waals surface area (Å²) < 4.78 is 39.1. The van der Waals surface area contributed by atoms with Crippen LogP contribution in [0.3, 0.4) is 0 Å². The molecule has 34 heavy (non-hydrogen) atoms. The van der Waals surface area contributed by atoms with Crippen LogP contribution >= 0.6 is 0 Å². The summed E-state index contributed by atoms with van der Waals surface area (Å²) in [6, 6.07) is 3.08. The lowest BCUT2D eigenvalue weighted by Gasteiger charge is -2.47. The van der Waals surface area contributed by atoms with Gasteiger partial charge in [-0.2, -0.15) is 13.2 Å². The van der Waals surface area contributed by atoms with Crippen molar-refractivity contribution in [3.05, 3.63) is 30.1 Å². The van der Waals surface area contributed by atoms with Gasteiger partial charge in [-0.15, -0.1) is 0 Å². The molecule has 186 valence electrons. The summed E-state index contributed by atoms with van der Waals surface area (Å²) in [5.41, 5.74) is -0.487. The molecule has 1 saturated carbocycles. The number of nitrogens with zero attached hydrogens (tertiary/aromatic N) is 3. The summed E-state index contributed by atoms with van der Waals surface area (Å²) in [6.45, 7) is 5.61. The number of aliphatic hydroxyl groups excluding tert-OH is 1. The van der Waals surface area contributed by atoms with E-state index >= 15 is 0 Å². The number of carbonyl (C=O) groups excluding carboxylic acids is 1. The Labute approximate surface area is 197 Å². The number of nitrogens with one attached hydrogen (secondary N) is 2. The van der Waals surface area contributed by atoms with Crippen LogP contribution in [0.15, 0.2) is 24.5 Å². The van der Waals surface area contributed by atoms with E-state index in [0.717, 1.165) is 51.0 Å². The Morgan fingerprint density at radius 2 is 1.91 bits per heavy atom. The number of aliphatic hydroxyl groups is 1. The van der Waals surface area contributed by atoms with Gasteiger partial charge in [0.15, 0.2) is 0 Å². The van der Waals surface area contributed by atoms with E-state index in [9.17, 15) is 23.1 Å². The first-order valence-electron chi connectivity index (χ1n) is 11.9. The number of anilines is 1. The highest BCUT2D eigenvalue weighted by atomic mass is 19.4. The molecule has 1 amide bonds. The van der Waals surface area contributed by atoms with Crippen molar-refractivity contribution in [1.29, 1.82) is 0 Å². The lowest BCUT2D eigenvalue weighted by atomic mass is 9.78. The third kappa shape index (κ3) is 5.60. The molecule has 3 heterocycles. The molecule has 2 fully saturated rings. The first kappa shape index (κ1) is 24.7. The third-order valence-corrected chi connectivity index (χ3v) is 7.05. The molecule has 1 unspecified atom stereocenters. The maximum absolute atomic E-state index is 13.0. The van der Waals surface area contributed by atoms with Crippen LogP contribution in [-0.4, -0.2) is 63.7 Å². The fourth-order valence-electron chi connectivity index (χ4n) is 5.04. The molecule has 4 rings (SSSR count). The zero-order valence-electron chi connectivity index (χ0n) is 19.5. The SMILES string of the molecule is CC(C)C(O)[C@H]1CC[C@H](N2CC(NC(=O)CNc3nccc4ncc(C(F)(F)F)cc34)C2)CC1. The molecule has 7 nitrogen and oxygen atoms in total. The predicted octanol–water partition coefficient (Wildman–Crippen LogP) is 3.44. The van der Waals surface area contributed by atoms with Crippen LogP contribution in [0.25, 0.3) is 10.9 Å². The number of hydrogen-bond acceptors (Lipinski definition) is 6. The zero-order chi connectivity index (χ0) is 24.5. The Bertz CT molecular complexity index is 1000. The van der Waals surface area contributed by atoms with Crippen molar-refractivity contribution < 1.29 is 23.1 Å². The number of halogens is 3. The fourth-order valence-corrected chi connectivity index (χ4v) is 5.04. The summed E-state index contributed by atoms with van der Waals surface area (Å²) >= 11 is 0. The van der Waals surface area contributed by atoms with Crippen molar-refractivity contribution in [2.45, 2.75) is 63.9 Å². The van der Waals surface area contributed by atoms with E-state index in [4.69, 9.17) is 0 Å². The normalized spacial score (nSPS) is 23.0. The molecule has 0 spiro atoms. The van der Waals surface area contributed by atoms with Crippen molar-refractivity contribution >= 4 is 22.6 Å². The summed E-state index contributed by atoms with van der Waals surface area (Å²) in [7, 11) is 0. The quantitative estimate of drug-likeness (QED) is 0.564. The summed E-state index contributed by atoms with van der Waals surface area (Å²) in [4.78, 5) is 22.7. The minimum atomic E-state index is -4.50. The second-order valence-electron chi connectivity index (χ2n) is 9.82. The Morgan fingerprint density at radius 1 is 1.21 bits per heavy atom. The molecule has 1 aliphatic carbocycles. The number of hydrogen-bond donors (Lipinski definition) is 3. The number of alkyl halides is 3. The maximum Gasteiger partial charge on any atom is 0.417 e. The van der Waals surface area contributed by atoms with Crippen LogP contribution < -0.4 is 10.6 Å². The Kier molecular flexibility index (Phi) is 7.28. The Balaban J connectivity index is 1.24. The minimum absolute atomic E-state index is 0.0623. The molecule has 10 heteroatoms. The second kappa shape index (κ2) is 10.0. The van der Waals surface area contributed by atoms with Gasteiger partial charge in [0.1, 0.15) is 5.82 Å². The summed E-state index contributed by atoms with van der Waals surface area (Å²) in [5.74, 6) is 0.629. The highest BCUT2D eigenvalue weighted by Crippen LogP contribution is 2.34. The van der Waals surface area contributed by atoms with Crippen LogP contribution in [0.1, 0.15) is 45.1 Å². The van der Waals surface area contributed by atoms with Crippen molar-refractivity contribution in [2.24, 2.45) is 11.8 Å². The third-order valence-electron chi connectivity index (χ3n) is 7.05. The van der Waals surface area contributed by atoms with Crippen LogP contribution in [0.5, 0.6) is 0 Å². The largest absolute Gasteiger partial charge is 0.417 e. The van der Waals surface area contributed by atoms with Gasteiger partial charge in [-0.1, -0.05) is 13.8 Å². The zero-order valence-corrected chi connectivity index (χ0v) is 19.5. The molecule has 0 radical (unpaired) electrons. The van der Waals surface area contributed by atoms with Crippen molar-refractivity contribution in [2.75, 3.05) is 25.0 Å². The van der Waals surface area contributed by atoms with Gasteiger partial charge in [0.2, 0.25) is 5.91 Å². The Morgan fingerprint density at radius 3 is 2.56 bits per heavy atom. The second-order valence-corrected chi connectivity index (χ2v) is 9.82. The van der Waals surface area contributed by atoms with E-state index in [0.29, 0.717) is 17.5 Å². The van der Waals surface area contributed by atoms with Gasteiger partial charge in [0.05, 0.1) is 29.8 Å². The number of fused-ring (bicyclic) bond motifs is 1. The standard InChI is InChI=1S/C24H32F3N5O2/c1-14(2)22(34)15-3-5-18(6-4-15)32-12-17(13-32)31-21(33)11-30-23-19-9-16(24(25,26)27)10-29-20(19)7-8-28-23/h7-10,14-15,17-18,22,34H,3-6,11-13H2,1-2H3,(H,28,30)(H,31,33)/t15-,18-,22?. The number of likely N-dealkylation sites (tertiary alicyclic amines) is 1. The molecular weight excluding hydrogens is 447 g/mol. The summed E-state index contributed by atoms with van der Waals surface area (Å²) in [5, 5.41) is 16.4. The Hall–Kier alpha value is -2.46. The molecule has 0 bridgehead atoms. The minimum Gasteiger partial charge on any atom is -0.393 e. The van der Waals surface area contributed by atoms with Gasteiger partial charge < -0.3 is 15.7 Å². The number of rotatable bonds is 7. The van der Waals surface area contributed by atoms with E-state index in [2.05, 4.69) is 39.3 Å². The van der Waals surface area contributed by atoms with Crippen molar-refractivity contribution in [3.63, 3.8) is 0 Å². The van der Waals surface area contributed by atoms with E-state index in [-0.39, 0.29) is 41.7 Å². The highest BCUT2D eigenvalue weighted by molar-refractivity contribution is 5.91.